The SMILES string of the molecule is CCc1ccccc1-c1cnc(C(=O)N2CCC(CN3CCN(CC(=O)N4CCN(C(=O)c5cc(CC(=N)c6ccccc6C(N)=O)ccc5F)CC4)CC3)CC2)c(NC(=O)CNCc2ccncn2)c1. The third-order valence-corrected chi connectivity index (χ3v) is 13.6. The van der Waals surface area contributed by atoms with Crippen molar-refractivity contribution < 1.29 is 28.4 Å². The van der Waals surface area contributed by atoms with Crippen LogP contribution in [0.15, 0.2) is 97.6 Å². The molecule has 0 atom stereocenters. The number of aromatic nitrogens is 3. The van der Waals surface area contributed by atoms with Crippen molar-refractivity contribution in [3.05, 3.63) is 143 Å². The number of primary amides is 1. The molecule has 0 saturated carbocycles. The van der Waals surface area contributed by atoms with Crippen molar-refractivity contribution >= 4 is 40.9 Å². The fourth-order valence-corrected chi connectivity index (χ4v) is 9.60. The summed E-state index contributed by atoms with van der Waals surface area (Å²) in [6.45, 7) is 9.21. The van der Waals surface area contributed by atoms with Crippen LogP contribution in [0, 0.1) is 17.1 Å². The molecule has 0 aliphatic carbocycles. The van der Waals surface area contributed by atoms with Gasteiger partial charge in [0.25, 0.3) is 11.8 Å². The van der Waals surface area contributed by atoms with Crippen LogP contribution in [0.3, 0.4) is 0 Å². The van der Waals surface area contributed by atoms with Crippen molar-refractivity contribution in [3.8, 4) is 11.1 Å². The molecule has 17 nitrogen and oxygen atoms in total. The summed E-state index contributed by atoms with van der Waals surface area (Å²) in [6, 6.07) is 22.4. The van der Waals surface area contributed by atoms with Gasteiger partial charge in [-0.05, 0) is 72.2 Å². The molecule has 0 spiro atoms. The summed E-state index contributed by atoms with van der Waals surface area (Å²) in [5, 5.41) is 14.7. The number of aryl methyl sites for hydroxylation is 1. The number of nitrogens with one attached hydrogen (secondary N) is 3. The largest absolute Gasteiger partial charge is 0.366 e. The van der Waals surface area contributed by atoms with Crippen molar-refractivity contribution in [2.24, 2.45) is 11.7 Å². The van der Waals surface area contributed by atoms with E-state index in [4.69, 9.17) is 11.1 Å². The molecule has 5 amide bonds. The summed E-state index contributed by atoms with van der Waals surface area (Å²) < 4.78 is 15.0. The van der Waals surface area contributed by atoms with E-state index in [1.54, 1.807) is 52.5 Å². The lowest BCUT2D eigenvalue weighted by Gasteiger charge is -2.40. The maximum Gasteiger partial charge on any atom is 0.274 e. The Morgan fingerprint density at radius 2 is 1.45 bits per heavy atom. The quantitative estimate of drug-likeness (QED) is 0.0973. The highest BCUT2D eigenvalue weighted by Gasteiger charge is 2.31. The Labute approximate surface area is 413 Å². The van der Waals surface area contributed by atoms with E-state index in [0.717, 1.165) is 74.4 Å². The second-order valence-electron chi connectivity index (χ2n) is 18.3. The van der Waals surface area contributed by atoms with Crippen LogP contribution in [-0.4, -0.2) is 160 Å². The lowest BCUT2D eigenvalue weighted by molar-refractivity contribution is -0.134. The minimum atomic E-state index is -0.664. The predicted molar refractivity (Wildman–Crippen MR) is 267 cm³/mol. The Morgan fingerprint density at radius 3 is 2.17 bits per heavy atom. The number of nitrogens with two attached hydrogens (primary N) is 1. The molecule has 0 bridgehead atoms. The maximum absolute atomic E-state index is 15.0. The van der Waals surface area contributed by atoms with Crippen LogP contribution < -0.4 is 16.4 Å². The van der Waals surface area contributed by atoms with Gasteiger partial charge in [-0.25, -0.2) is 19.3 Å². The Hall–Kier alpha value is -7.28. The zero-order valence-electron chi connectivity index (χ0n) is 40.1. The molecule has 71 heavy (non-hydrogen) atoms. The lowest BCUT2D eigenvalue weighted by atomic mass is 9.95. The molecule has 0 radical (unpaired) electrons. The first-order chi connectivity index (χ1) is 34.4. The van der Waals surface area contributed by atoms with E-state index in [9.17, 15) is 24.0 Å². The topological polar surface area (TPSA) is 214 Å². The number of anilines is 1. The summed E-state index contributed by atoms with van der Waals surface area (Å²) in [5.41, 5.74) is 11.0. The van der Waals surface area contributed by atoms with E-state index < -0.39 is 17.6 Å². The maximum atomic E-state index is 15.0. The molecular weight excluding hydrogens is 904 g/mol. The minimum Gasteiger partial charge on any atom is -0.366 e. The van der Waals surface area contributed by atoms with Gasteiger partial charge in [-0.2, -0.15) is 0 Å². The van der Waals surface area contributed by atoms with E-state index in [0.29, 0.717) is 55.5 Å². The second kappa shape index (κ2) is 23.6. The van der Waals surface area contributed by atoms with E-state index in [1.165, 1.54) is 24.5 Å². The van der Waals surface area contributed by atoms with Crippen LogP contribution in [0.1, 0.15) is 73.4 Å². The molecule has 18 heteroatoms. The van der Waals surface area contributed by atoms with Crippen molar-refractivity contribution in [2.45, 2.75) is 39.2 Å². The molecular formula is C53H61FN12O5. The molecule has 3 aliphatic heterocycles. The summed E-state index contributed by atoms with van der Waals surface area (Å²) in [7, 11) is 0. The highest BCUT2D eigenvalue weighted by molar-refractivity contribution is 6.09. The number of carbonyl (C=O) groups is 5. The fraction of sp³-hybridized carbons (Fsp3) is 0.377. The summed E-state index contributed by atoms with van der Waals surface area (Å²) in [5.74, 6) is -1.89. The van der Waals surface area contributed by atoms with Crippen LogP contribution >= 0.6 is 0 Å². The second-order valence-corrected chi connectivity index (χ2v) is 18.3. The molecule has 3 saturated heterocycles. The Balaban J connectivity index is 0.778. The van der Waals surface area contributed by atoms with Gasteiger partial charge in [-0.1, -0.05) is 55.5 Å². The van der Waals surface area contributed by atoms with Crippen molar-refractivity contribution in [2.75, 3.05) is 90.4 Å². The van der Waals surface area contributed by atoms with E-state index in [2.05, 4.69) is 48.4 Å². The third-order valence-electron chi connectivity index (χ3n) is 13.6. The molecule has 3 fully saturated rings. The van der Waals surface area contributed by atoms with Gasteiger partial charge in [0.1, 0.15) is 12.1 Å². The molecule has 8 rings (SSSR count). The van der Waals surface area contributed by atoms with E-state index in [-0.39, 0.29) is 72.9 Å². The highest BCUT2D eigenvalue weighted by Crippen LogP contribution is 2.30. The smallest absolute Gasteiger partial charge is 0.274 e. The number of pyridine rings is 1. The number of piperidine rings is 1. The molecule has 3 aromatic carbocycles. The molecule has 2 aromatic heterocycles. The zero-order chi connectivity index (χ0) is 49.9. The monoisotopic (exact) mass is 964 g/mol. The van der Waals surface area contributed by atoms with Crippen LogP contribution in [0.5, 0.6) is 0 Å². The lowest BCUT2D eigenvalue weighted by Crippen LogP contribution is -2.55. The van der Waals surface area contributed by atoms with Gasteiger partial charge < -0.3 is 41.4 Å². The Morgan fingerprint density at radius 1 is 0.761 bits per heavy atom. The van der Waals surface area contributed by atoms with Crippen molar-refractivity contribution in [1.29, 1.82) is 5.41 Å². The first-order valence-electron chi connectivity index (χ1n) is 24.3. The molecule has 5 N–H and O–H groups in total. The molecule has 3 aliphatic rings. The van der Waals surface area contributed by atoms with Crippen LogP contribution in [0.2, 0.25) is 0 Å². The number of carbonyl (C=O) groups excluding carboxylic acids is 5. The minimum absolute atomic E-state index is 0.00150. The average Bonchev–Trinajstić information content (AvgIpc) is 3.39. The number of nitrogens with zero attached hydrogens (tertiary/aromatic N) is 8. The van der Waals surface area contributed by atoms with Crippen LogP contribution in [0.25, 0.3) is 11.1 Å². The standard InChI is InChI=1S/C53H61FN12O5/c1-2-38-7-3-4-8-41(38)39-29-47(61-48(67)32-58-31-40-13-16-57-35-60-40)50(59-30-39)53(71)65-17-14-36(15-18-65)33-62-19-21-63(22-20-62)34-49(68)64-23-25-66(26-24-64)52(70)44-27-37(11-12-45(44)54)28-46(55)42-9-5-6-10-43(42)51(56)69/h3-13,16,27,29-30,35-36,55,58H,2,14-15,17-26,28,31-34H2,1H3,(H2,56,69)(H,61,67). The predicted octanol–water partition coefficient (Wildman–Crippen LogP) is 4.13. The van der Waals surface area contributed by atoms with Gasteiger partial charge in [0, 0.05) is 120 Å². The number of hydrogen-bond donors (Lipinski definition) is 4. The van der Waals surface area contributed by atoms with Crippen LogP contribution in [-0.2, 0) is 29.0 Å². The van der Waals surface area contributed by atoms with Crippen molar-refractivity contribution in [1.82, 2.24) is 44.8 Å². The third kappa shape index (κ3) is 12.7. The van der Waals surface area contributed by atoms with Gasteiger partial charge in [0.15, 0.2) is 5.69 Å². The van der Waals surface area contributed by atoms with Gasteiger partial charge in [-0.15, -0.1) is 0 Å². The number of hydrogen-bond acceptors (Lipinski definition) is 12. The highest BCUT2D eigenvalue weighted by atomic mass is 19.1. The van der Waals surface area contributed by atoms with E-state index >= 15 is 4.39 Å². The average molecular weight is 965 g/mol. The van der Waals surface area contributed by atoms with E-state index in [1.807, 2.05) is 29.2 Å². The first-order valence-corrected chi connectivity index (χ1v) is 24.3. The van der Waals surface area contributed by atoms with Crippen LogP contribution in [0.4, 0.5) is 10.1 Å². The number of benzene rings is 3. The normalized spacial score (nSPS) is 15.9. The Bertz CT molecular complexity index is 2730. The zero-order valence-corrected chi connectivity index (χ0v) is 40.1. The van der Waals surface area contributed by atoms with Gasteiger partial charge in [0.2, 0.25) is 17.7 Å². The van der Waals surface area contributed by atoms with Crippen molar-refractivity contribution in [3.63, 3.8) is 0 Å². The molecule has 370 valence electrons. The molecule has 5 heterocycles. The van der Waals surface area contributed by atoms with Gasteiger partial charge in [0.05, 0.1) is 30.0 Å². The summed E-state index contributed by atoms with van der Waals surface area (Å²) in [4.78, 5) is 88.8. The number of amides is 5. The Kier molecular flexibility index (Phi) is 16.6. The fourth-order valence-electron chi connectivity index (χ4n) is 9.60. The number of halogens is 1. The first kappa shape index (κ1) is 50.1. The number of rotatable bonds is 17. The molecule has 0 unspecified atom stereocenters. The summed E-state index contributed by atoms with van der Waals surface area (Å²) in [6.07, 6.45) is 7.40. The summed E-state index contributed by atoms with van der Waals surface area (Å²) >= 11 is 0. The molecule has 5 aromatic rings. The van der Waals surface area contributed by atoms with Gasteiger partial charge in [-0.3, -0.25) is 28.9 Å². The van der Waals surface area contributed by atoms with Gasteiger partial charge >= 0.3 is 0 Å². The number of likely N-dealkylation sites (tertiary alicyclic amines) is 1. The number of piperazine rings is 2.